The van der Waals surface area contributed by atoms with Gasteiger partial charge in [-0.2, -0.15) is 0 Å². The zero-order valence-electron chi connectivity index (χ0n) is 46.6. The van der Waals surface area contributed by atoms with Crippen LogP contribution in [0.3, 0.4) is 0 Å². The number of phosphoric acid groups is 1. The van der Waals surface area contributed by atoms with Crippen LogP contribution in [0.2, 0.25) is 0 Å². The van der Waals surface area contributed by atoms with Crippen LogP contribution in [0.4, 0.5) is 0 Å². The van der Waals surface area contributed by atoms with Gasteiger partial charge in [0.2, 0.25) is 5.91 Å². The van der Waals surface area contributed by atoms with Crippen molar-refractivity contribution in [3.63, 3.8) is 0 Å². The summed E-state index contributed by atoms with van der Waals surface area (Å²) in [6.07, 6.45) is 67.0. The number of aliphatic hydroxyl groups excluding tert-OH is 1. The third kappa shape index (κ3) is 54.3. The zero-order chi connectivity index (χ0) is 50.6. The topological polar surface area (TPSA) is 105 Å². The van der Waals surface area contributed by atoms with Gasteiger partial charge in [0.05, 0.1) is 39.9 Å². The second-order valence-corrected chi connectivity index (χ2v) is 23.2. The smallest absolute Gasteiger partial charge is 0.387 e. The lowest BCUT2D eigenvalue weighted by atomic mass is 10.0. The number of amides is 1. The average molecular weight is 995 g/mol. The molecule has 0 aromatic heterocycles. The van der Waals surface area contributed by atoms with Gasteiger partial charge in [0.25, 0.3) is 0 Å². The van der Waals surface area contributed by atoms with Gasteiger partial charge in [-0.25, -0.2) is 4.57 Å². The van der Waals surface area contributed by atoms with Gasteiger partial charge in [-0.05, 0) is 51.4 Å². The number of quaternary nitrogens is 1. The number of carbonyl (C=O) groups excluding carboxylic acids is 1. The zero-order valence-corrected chi connectivity index (χ0v) is 47.5. The Balaban J connectivity index is 3.92. The predicted octanol–water partition coefficient (Wildman–Crippen LogP) is 18.2. The number of phosphoric ester groups is 1. The summed E-state index contributed by atoms with van der Waals surface area (Å²) in [6.45, 7) is 4.82. The van der Waals surface area contributed by atoms with Crippen LogP contribution in [0.25, 0.3) is 0 Å². The summed E-state index contributed by atoms with van der Waals surface area (Å²) in [7, 11) is 1.58. The highest BCUT2D eigenvalue weighted by Gasteiger charge is 2.27. The standard InChI is InChI=1S/C60H117N2O6P/c1-6-8-10-12-14-16-18-20-21-22-23-24-25-26-27-28-29-30-31-32-33-34-35-36-37-38-39-40-41-42-44-46-48-50-52-54-60(64)61-58(57-68-69(65,66)67-56-55-62(3,4)5)59(63)53-51-49-47-45-43-19-17-15-13-11-9-7-2/h18,20,22-23,51,53,58-59,63H,6-17,19,21,24-50,52,54-57H2,1-5H3,(H-,61,64,65,66)/p+1/b20-18-,23-22-,53-51+. The van der Waals surface area contributed by atoms with E-state index in [0.29, 0.717) is 17.4 Å². The molecular formula is C60H118N2O6P+. The van der Waals surface area contributed by atoms with Crippen LogP contribution in [0.5, 0.6) is 0 Å². The molecule has 408 valence electrons. The van der Waals surface area contributed by atoms with Crippen LogP contribution in [0.1, 0.15) is 290 Å². The van der Waals surface area contributed by atoms with E-state index < -0.39 is 20.0 Å². The van der Waals surface area contributed by atoms with Gasteiger partial charge in [0, 0.05) is 6.42 Å². The minimum atomic E-state index is -4.34. The molecule has 0 radical (unpaired) electrons. The summed E-state index contributed by atoms with van der Waals surface area (Å²) in [4.78, 5) is 23.2. The Morgan fingerprint density at radius 1 is 0.493 bits per heavy atom. The first-order valence-corrected chi connectivity index (χ1v) is 31.4. The third-order valence-corrected chi connectivity index (χ3v) is 14.6. The van der Waals surface area contributed by atoms with Crippen LogP contribution in [0, 0.1) is 0 Å². The maximum absolute atomic E-state index is 12.9. The van der Waals surface area contributed by atoms with Gasteiger partial charge in [-0.1, -0.05) is 269 Å². The van der Waals surface area contributed by atoms with Gasteiger partial charge in [0.1, 0.15) is 13.2 Å². The highest BCUT2D eigenvalue weighted by Crippen LogP contribution is 2.43. The van der Waals surface area contributed by atoms with Crippen LogP contribution >= 0.6 is 7.82 Å². The quantitative estimate of drug-likeness (QED) is 0.0243. The van der Waals surface area contributed by atoms with E-state index in [1.807, 2.05) is 27.2 Å². The molecule has 8 nitrogen and oxygen atoms in total. The Hall–Kier alpha value is -1.28. The summed E-state index contributed by atoms with van der Waals surface area (Å²) < 4.78 is 23.7. The molecule has 0 aromatic rings. The maximum atomic E-state index is 12.9. The Morgan fingerprint density at radius 3 is 1.19 bits per heavy atom. The van der Waals surface area contributed by atoms with Crippen molar-refractivity contribution < 1.29 is 32.9 Å². The molecule has 0 aliphatic heterocycles. The molecular weight excluding hydrogens is 876 g/mol. The van der Waals surface area contributed by atoms with Gasteiger partial charge in [-0.15, -0.1) is 0 Å². The van der Waals surface area contributed by atoms with Crippen LogP contribution in [-0.2, 0) is 18.4 Å². The Kier molecular flexibility index (Phi) is 50.7. The molecule has 3 N–H and O–H groups in total. The van der Waals surface area contributed by atoms with Crippen molar-refractivity contribution in [2.75, 3.05) is 40.9 Å². The molecule has 1 amide bonds. The maximum Gasteiger partial charge on any atom is 0.472 e. The first kappa shape index (κ1) is 67.7. The molecule has 3 atom stereocenters. The number of nitrogens with zero attached hydrogens (tertiary/aromatic N) is 1. The molecule has 0 aromatic carbocycles. The highest BCUT2D eigenvalue weighted by atomic mass is 31.2. The van der Waals surface area contributed by atoms with E-state index >= 15 is 0 Å². The molecule has 0 saturated carbocycles. The second-order valence-electron chi connectivity index (χ2n) is 21.7. The molecule has 0 aliphatic rings. The summed E-state index contributed by atoms with van der Waals surface area (Å²) >= 11 is 0. The molecule has 0 fully saturated rings. The van der Waals surface area contributed by atoms with Crippen molar-refractivity contribution in [3.8, 4) is 0 Å². The second kappa shape index (κ2) is 51.6. The molecule has 0 aliphatic carbocycles. The summed E-state index contributed by atoms with van der Waals surface area (Å²) in [5.41, 5.74) is 0. The highest BCUT2D eigenvalue weighted by molar-refractivity contribution is 7.47. The van der Waals surface area contributed by atoms with E-state index in [0.717, 1.165) is 44.9 Å². The van der Waals surface area contributed by atoms with Crippen molar-refractivity contribution in [2.45, 2.75) is 302 Å². The molecule has 0 heterocycles. The van der Waals surface area contributed by atoms with E-state index in [1.165, 1.54) is 225 Å². The molecule has 9 heteroatoms. The van der Waals surface area contributed by atoms with Gasteiger partial charge >= 0.3 is 7.82 Å². The van der Waals surface area contributed by atoms with E-state index in [4.69, 9.17) is 9.05 Å². The van der Waals surface area contributed by atoms with Gasteiger partial charge < -0.3 is 19.8 Å². The van der Waals surface area contributed by atoms with E-state index in [9.17, 15) is 19.4 Å². The van der Waals surface area contributed by atoms with Crippen molar-refractivity contribution >= 4 is 13.7 Å². The molecule has 0 bridgehead atoms. The normalized spacial score (nSPS) is 14.1. The fraction of sp³-hybridized carbons (Fsp3) is 0.883. The van der Waals surface area contributed by atoms with Crippen molar-refractivity contribution in [3.05, 3.63) is 36.5 Å². The lowest BCUT2D eigenvalue weighted by Crippen LogP contribution is -2.45. The lowest BCUT2D eigenvalue weighted by Gasteiger charge is -2.25. The molecule has 0 spiro atoms. The monoisotopic (exact) mass is 994 g/mol. The number of hydrogen-bond donors (Lipinski definition) is 3. The fourth-order valence-corrected chi connectivity index (χ4v) is 9.63. The van der Waals surface area contributed by atoms with Crippen molar-refractivity contribution in [1.82, 2.24) is 5.32 Å². The summed E-state index contributed by atoms with van der Waals surface area (Å²) in [5.74, 6) is -0.173. The summed E-state index contributed by atoms with van der Waals surface area (Å²) in [6, 6.07) is -0.843. The number of unbranched alkanes of at least 4 members (excludes halogenated alkanes) is 38. The minimum absolute atomic E-state index is 0.0633. The number of nitrogens with one attached hydrogen (secondary N) is 1. The first-order chi connectivity index (χ1) is 33.5. The SMILES string of the molecule is CCCCCCC/C=C\C/C=C\CCCCCCCCCCCCCCCCCCCCCCCCCC(=O)NC(COP(=O)(O)OCC[N+](C)(C)C)C(O)/C=C/CCCCCCCCCCCC. The predicted molar refractivity (Wildman–Crippen MR) is 300 cm³/mol. The number of aliphatic hydroxyl groups is 1. The average Bonchev–Trinajstić information content (AvgIpc) is 3.31. The Labute approximate surface area is 429 Å². The van der Waals surface area contributed by atoms with Crippen molar-refractivity contribution in [1.29, 1.82) is 0 Å². The fourth-order valence-electron chi connectivity index (χ4n) is 8.90. The van der Waals surface area contributed by atoms with Crippen LogP contribution < -0.4 is 5.32 Å². The molecule has 3 unspecified atom stereocenters. The first-order valence-electron chi connectivity index (χ1n) is 29.9. The van der Waals surface area contributed by atoms with E-state index in [1.54, 1.807) is 6.08 Å². The van der Waals surface area contributed by atoms with Crippen LogP contribution in [0.15, 0.2) is 36.5 Å². The van der Waals surface area contributed by atoms with Crippen molar-refractivity contribution in [2.24, 2.45) is 0 Å². The Morgan fingerprint density at radius 2 is 0.826 bits per heavy atom. The number of carbonyl (C=O) groups is 1. The number of likely N-dealkylation sites (N-methyl/N-ethyl adjacent to an activating group) is 1. The van der Waals surface area contributed by atoms with E-state index in [-0.39, 0.29) is 19.1 Å². The number of rotatable bonds is 55. The number of allylic oxidation sites excluding steroid dienone is 5. The Bertz CT molecular complexity index is 1220. The molecule has 69 heavy (non-hydrogen) atoms. The third-order valence-electron chi connectivity index (χ3n) is 13.6. The van der Waals surface area contributed by atoms with Gasteiger partial charge in [0.15, 0.2) is 0 Å². The minimum Gasteiger partial charge on any atom is -0.387 e. The molecule has 0 saturated heterocycles. The number of hydrogen-bond acceptors (Lipinski definition) is 5. The summed E-state index contributed by atoms with van der Waals surface area (Å²) in [5, 5.41) is 13.9. The largest absolute Gasteiger partial charge is 0.472 e. The lowest BCUT2D eigenvalue weighted by molar-refractivity contribution is -0.870. The van der Waals surface area contributed by atoms with E-state index in [2.05, 4.69) is 43.5 Å². The van der Waals surface area contributed by atoms with Gasteiger partial charge in [-0.3, -0.25) is 13.8 Å². The molecule has 0 rings (SSSR count). The van der Waals surface area contributed by atoms with Crippen LogP contribution in [-0.4, -0.2) is 73.4 Å².